The van der Waals surface area contributed by atoms with E-state index in [-0.39, 0.29) is 0 Å². The molecule has 2 heteroatoms. The Bertz CT molecular complexity index is 3270. The maximum absolute atomic E-state index is 6.47. The summed E-state index contributed by atoms with van der Waals surface area (Å²) in [5.41, 5.74) is 14.4. The number of furan rings is 1. The van der Waals surface area contributed by atoms with Crippen LogP contribution < -0.4 is 4.90 Å². The van der Waals surface area contributed by atoms with Gasteiger partial charge in [-0.25, -0.2) is 0 Å². The van der Waals surface area contributed by atoms with Crippen LogP contribution in [0.5, 0.6) is 0 Å². The molecule has 0 bridgehead atoms. The zero-order valence-corrected chi connectivity index (χ0v) is 31.7. The minimum Gasteiger partial charge on any atom is -0.455 e. The Morgan fingerprint density at radius 2 is 0.879 bits per heavy atom. The van der Waals surface area contributed by atoms with Crippen molar-refractivity contribution in [2.24, 2.45) is 0 Å². The Labute approximate surface area is 337 Å². The highest BCUT2D eigenvalue weighted by atomic mass is 16.3. The first-order valence-corrected chi connectivity index (χ1v) is 19.8. The third kappa shape index (κ3) is 5.74. The summed E-state index contributed by atoms with van der Waals surface area (Å²) in [5, 5.41) is 7.18. The van der Waals surface area contributed by atoms with Crippen LogP contribution in [0.25, 0.3) is 88.0 Å². The van der Waals surface area contributed by atoms with E-state index in [1.54, 1.807) is 0 Å². The van der Waals surface area contributed by atoms with E-state index in [0.717, 1.165) is 55.7 Å². The summed E-state index contributed by atoms with van der Waals surface area (Å²) >= 11 is 0. The number of nitrogens with zero attached hydrogens (tertiary/aromatic N) is 1. The second kappa shape index (κ2) is 14.1. The smallest absolute Gasteiger partial charge is 0.143 e. The van der Waals surface area contributed by atoms with Gasteiger partial charge in [0.2, 0.25) is 0 Å². The molecule has 11 rings (SSSR count). The predicted molar refractivity (Wildman–Crippen MR) is 245 cm³/mol. The molecule has 0 aliphatic rings. The average molecular weight is 740 g/mol. The molecule has 10 aromatic carbocycles. The SMILES string of the molecule is c1ccc(-c2cccc3cccc(-c4ccccc4N(c4ccc(-c5cccc6c5oc5ccccc56)cc4)c4cccc(-c5cccc6ccccc56)c4)c23)cc1. The van der Waals surface area contributed by atoms with Crippen molar-refractivity contribution in [1.29, 1.82) is 0 Å². The van der Waals surface area contributed by atoms with E-state index in [9.17, 15) is 0 Å². The van der Waals surface area contributed by atoms with Crippen LogP contribution in [0.1, 0.15) is 0 Å². The highest BCUT2D eigenvalue weighted by Crippen LogP contribution is 2.46. The molecule has 2 nitrogen and oxygen atoms in total. The van der Waals surface area contributed by atoms with Crippen LogP contribution in [0.15, 0.2) is 229 Å². The highest BCUT2D eigenvalue weighted by Gasteiger charge is 2.21. The zero-order valence-electron chi connectivity index (χ0n) is 31.7. The van der Waals surface area contributed by atoms with Crippen molar-refractivity contribution >= 4 is 60.5 Å². The number of fused-ring (bicyclic) bond motifs is 5. The summed E-state index contributed by atoms with van der Waals surface area (Å²) in [5.74, 6) is 0. The number of para-hydroxylation sites is 3. The first kappa shape index (κ1) is 33.6. The molecule has 0 fully saturated rings. The predicted octanol–water partition coefficient (Wildman–Crippen LogP) is 16.0. The summed E-state index contributed by atoms with van der Waals surface area (Å²) in [6.45, 7) is 0. The van der Waals surface area contributed by atoms with Crippen molar-refractivity contribution in [3.8, 4) is 44.5 Å². The molecule has 0 saturated heterocycles. The van der Waals surface area contributed by atoms with Gasteiger partial charge in [0, 0.05) is 33.3 Å². The monoisotopic (exact) mass is 739 g/mol. The second-order valence-corrected chi connectivity index (χ2v) is 14.8. The molecule has 272 valence electrons. The highest BCUT2D eigenvalue weighted by molar-refractivity contribution is 6.11. The fourth-order valence-corrected chi connectivity index (χ4v) is 8.80. The summed E-state index contributed by atoms with van der Waals surface area (Å²) in [6.07, 6.45) is 0. The molecule has 0 N–H and O–H groups in total. The van der Waals surface area contributed by atoms with Gasteiger partial charge < -0.3 is 9.32 Å². The van der Waals surface area contributed by atoms with Crippen LogP contribution in [0, 0.1) is 0 Å². The molecule has 0 atom stereocenters. The van der Waals surface area contributed by atoms with Gasteiger partial charge in [0.1, 0.15) is 11.2 Å². The molecule has 1 aromatic heterocycles. The molecule has 0 spiro atoms. The average Bonchev–Trinajstić information content (AvgIpc) is 3.69. The van der Waals surface area contributed by atoms with Crippen molar-refractivity contribution in [3.05, 3.63) is 224 Å². The van der Waals surface area contributed by atoms with Crippen LogP contribution >= 0.6 is 0 Å². The van der Waals surface area contributed by atoms with Gasteiger partial charge in [-0.2, -0.15) is 0 Å². The summed E-state index contributed by atoms with van der Waals surface area (Å²) in [4.78, 5) is 2.42. The van der Waals surface area contributed by atoms with Crippen molar-refractivity contribution in [2.45, 2.75) is 0 Å². The van der Waals surface area contributed by atoms with Crippen LogP contribution in [-0.4, -0.2) is 0 Å². The Morgan fingerprint density at radius 1 is 0.310 bits per heavy atom. The Balaban J connectivity index is 1.11. The Morgan fingerprint density at radius 3 is 1.74 bits per heavy atom. The quantitative estimate of drug-likeness (QED) is 0.162. The summed E-state index contributed by atoms with van der Waals surface area (Å²) in [7, 11) is 0. The van der Waals surface area contributed by atoms with E-state index < -0.39 is 0 Å². The number of rotatable bonds is 7. The van der Waals surface area contributed by atoms with E-state index >= 15 is 0 Å². The number of benzene rings is 10. The molecular weight excluding hydrogens is 703 g/mol. The van der Waals surface area contributed by atoms with Gasteiger partial charge in [0.15, 0.2) is 0 Å². The standard InChI is InChI=1S/C56H37NO/c1-2-15-39(16-3-1)47-27-12-19-41-20-13-29-51(55(41)47)49-24-6-8-31-53(49)57(44-22-10-21-42(37-44)46-26-11-18-38-17-4-5-23-45(38)46)43-35-33-40(34-36-43)48-28-14-30-52-50-25-7-9-32-54(50)58-56(48)52/h1-37H. The third-order valence-corrected chi connectivity index (χ3v) is 11.5. The lowest BCUT2D eigenvalue weighted by molar-refractivity contribution is 0.670. The fraction of sp³-hybridized carbons (Fsp3) is 0. The lowest BCUT2D eigenvalue weighted by atomic mass is 9.90. The van der Waals surface area contributed by atoms with Gasteiger partial charge in [0.05, 0.1) is 5.69 Å². The third-order valence-electron chi connectivity index (χ3n) is 11.5. The van der Waals surface area contributed by atoms with E-state index in [2.05, 4.69) is 217 Å². The van der Waals surface area contributed by atoms with Gasteiger partial charge in [0.25, 0.3) is 0 Å². The van der Waals surface area contributed by atoms with Gasteiger partial charge in [-0.05, 0) is 91.3 Å². The van der Waals surface area contributed by atoms with Crippen LogP contribution in [0.3, 0.4) is 0 Å². The molecule has 11 aromatic rings. The van der Waals surface area contributed by atoms with Gasteiger partial charge in [-0.3, -0.25) is 0 Å². The fourth-order valence-electron chi connectivity index (χ4n) is 8.80. The van der Waals surface area contributed by atoms with E-state index in [1.165, 1.54) is 49.4 Å². The first-order valence-electron chi connectivity index (χ1n) is 19.8. The van der Waals surface area contributed by atoms with E-state index in [1.807, 2.05) is 12.1 Å². The molecule has 0 amide bonds. The van der Waals surface area contributed by atoms with Crippen molar-refractivity contribution in [1.82, 2.24) is 0 Å². The maximum Gasteiger partial charge on any atom is 0.143 e. The molecule has 0 unspecified atom stereocenters. The van der Waals surface area contributed by atoms with E-state index in [4.69, 9.17) is 4.42 Å². The molecular formula is C56H37NO. The second-order valence-electron chi connectivity index (χ2n) is 14.8. The maximum atomic E-state index is 6.47. The molecule has 0 radical (unpaired) electrons. The van der Waals surface area contributed by atoms with Crippen LogP contribution in [-0.2, 0) is 0 Å². The van der Waals surface area contributed by atoms with Crippen LogP contribution in [0.4, 0.5) is 17.1 Å². The van der Waals surface area contributed by atoms with Gasteiger partial charge >= 0.3 is 0 Å². The van der Waals surface area contributed by atoms with Crippen molar-refractivity contribution in [3.63, 3.8) is 0 Å². The lowest BCUT2D eigenvalue weighted by Gasteiger charge is -2.29. The normalized spacial score (nSPS) is 11.4. The molecule has 0 aliphatic heterocycles. The van der Waals surface area contributed by atoms with Gasteiger partial charge in [-0.1, -0.05) is 188 Å². The lowest BCUT2D eigenvalue weighted by Crippen LogP contribution is -2.11. The molecule has 58 heavy (non-hydrogen) atoms. The molecule has 0 saturated carbocycles. The van der Waals surface area contributed by atoms with Crippen LogP contribution in [0.2, 0.25) is 0 Å². The summed E-state index contributed by atoms with van der Waals surface area (Å²) < 4.78 is 6.47. The van der Waals surface area contributed by atoms with Crippen molar-refractivity contribution in [2.75, 3.05) is 4.90 Å². The van der Waals surface area contributed by atoms with Crippen molar-refractivity contribution < 1.29 is 4.42 Å². The topological polar surface area (TPSA) is 16.4 Å². The first-order chi connectivity index (χ1) is 28.8. The Hall–Kier alpha value is -7.68. The minimum absolute atomic E-state index is 0.902. The Kier molecular flexibility index (Phi) is 8.19. The minimum atomic E-state index is 0.902. The van der Waals surface area contributed by atoms with E-state index in [0.29, 0.717) is 0 Å². The summed E-state index contributed by atoms with van der Waals surface area (Å²) in [6, 6.07) is 80.7. The zero-order chi connectivity index (χ0) is 38.4. The van der Waals surface area contributed by atoms with Gasteiger partial charge in [-0.15, -0.1) is 0 Å². The largest absolute Gasteiger partial charge is 0.455 e. The number of hydrogen-bond acceptors (Lipinski definition) is 2. The molecule has 0 aliphatic carbocycles. The number of anilines is 3. The number of hydrogen-bond donors (Lipinski definition) is 0. The molecule has 1 heterocycles.